The molecule has 0 saturated carbocycles. The van der Waals surface area contributed by atoms with Gasteiger partial charge in [-0.25, -0.2) is 0 Å². The van der Waals surface area contributed by atoms with Crippen LogP contribution >= 0.6 is 15.9 Å². The van der Waals surface area contributed by atoms with Crippen LogP contribution < -0.4 is 5.32 Å². The maximum absolute atomic E-state index is 5.62. The molecular formula is C13H20BrNO. The number of ether oxygens (including phenoxy) is 1. The lowest BCUT2D eigenvalue weighted by atomic mass is 10.1. The molecule has 0 heterocycles. The minimum absolute atomic E-state index is 0.0965. The quantitative estimate of drug-likeness (QED) is 0.866. The van der Waals surface area contributed by atoms with E-state index in [1.54, 1.807) is 0 Å². The number of halogens is 1. The SMILES string of the molecule is CCOC(C)(C)CNCc1cccc(Br)c1. The molecule has 0 amide bonds. The molecule has 0 radical (unpaired) electrons. The standard InChI is InChI=1S/C13H20BrNO/c1-4-16-13(2,3)10-15-9-11-6-5-7-12(14)8-11/h5-8,15H,4,9-10H2,1-3H3. The van der Waals surface area contributed by atoms with Gasteiger partial charge in [-0.05, 0) is 38.5 Å². The predicted molar refractivity (Wildman–Crippen MR) is 71.6 cm³/mol. The Morgan fingerprint density at radius 2 is 2.12 bits per heavy atom. The number of rotatable bonds is 6. The zero-order valence-electron chi connectivity index (χ0n) is 10.2. The van der Waals surface area contributed by atoms with Crippen LogP contribution in [-0.4, -0.2) is 18.8 Å². The van der Waals surface area contributed by atoms with Crippen LogP contribution in [0.15, 0.2) is 28.7 Å². The second-order valence-corrected chi connectivity index (χ2v) is 5.34. The topological polar surface area (TPSA) is 21.3 Å². The molecule has 0 bridgehead atoms. The first-order valence-corrected chi connectivity index (χ1v) is 6.42. The van der Waals surface area contributed by atoms with E-state index in [0.717, 1.165) is 24.2 Å². The largest absolute Gasteiger partial charge is 0.375 e. The van der Waals surface area contributed by atoms with Crippen LogP contribution in [0.4, 0.5) is 0 Å². The lowest BCUT2D eigenvalue weighted by molar-refractivity contribution is -0.00897. The van der Waals surface area contributed by atoms with E-state index in [1.165, 1.54) is 5.56 Å². The van der Waals surface area contributed by atoms with Gasteiger partial charge in [-0.15, -0.1) is 0 Å². The molecule has 0 spiro atoms. The highest BCUT2D eigenvalue weighted by molar-refractivity contribution is 9.10. The average molecular weight is 286 g/mol. The van der Waals surface area contributed by atoms with Crippen LogP contribution in [0.5, 0.6) is 0 Å². The van der Waals surface area contributed by atoms with Crippen molar-refractivity contribution in [1.82, 2.24) is 5.32 Å². The van der Waals surface area contributed by atoms with Gasteiger partial charge in [0, 0.05) is 24.2 Å². The summed E-state index contributed by atoms with van der Waals surface area (Å²) in [6.45, 7) is 8.71. The van der Waals surface area contributed by atoms with Crippen LogP contribution in [0.1, 0.15) is 26.3 Å². The molecule has 0 unspecified atom stereocenters. The smallest absolute Gasteiger partial charge is 0.0750 e. The molecule has 16 heavy (non-hydrogen) atoms. The zero-order chi connectivity index (χ0) is 12.0. The maximum Gasteiger partial charge on any atom is 0.0750 e. The molecule has 1 rings (SSSR count). The van der Waals surface area contributed by atoms with E-state index in [9.17, 15) is 0 Å². The van der Waals surface area contributed by atoms with Gasteiger partial charge in [0.2, 0.25) is 0 Å². The van der Waals surface area contributed by atoms with Crippen LogP contribution in [0, 0.1) is 0 Å². The van der Waals surface area contributed by atoms with E-state index in [-0.39, 0.29) is 5.60 Å². The molecule has 0 atom stereocenters. The summed E-state index contributed by atoms with van der Waals surface area (Å²) in [5.74, 6) is 0. The molecule has 0 saturated heterocycles. The summed E-state index contributed by atoms with van der Waals surface area (Å²) < 4.78 is 6.74. The lowest BCUT2D eigenvalue weighted by Crippen LogP contribution is -2.37. The second kappa shape index (κ2) is 6.38. The van der Waals surface area contributed by atoms with Crippen molar-refractivity contribution in [2.24, 2.45) is 0 Å². The summed E-state index contributed by atoms with van der Waals surface area (Å²) in [6.07, 6.45) is 0. The van der Waals surface area contributed by atoms with Crippen LogP contribution in [-0.2, 0) is 11.3 Å². The van der Waals surface area contributed by atoms with Crippen molar-refractivity contribution in [2.45, 2.75) is 32.9 Å². The van der Waals surface area contributed by atoms with Crippen molar-refractivity contribution in [1.29, 1.82) is 0 Å². The first kappa shape index (κ1) is 13.7. The van der Waals surface area contributed by atoms with Crippen LogP contribution in [0.2, 0.25) is 0 Å². The van der Waals surface area contributed by atoms with E-state index in [4.69, 9.17) is 4.74 Å². The normalized spacial score (nSPS) is 11.8. The van der Waals surface area contributed by atoms with E-state index in [2.05, 4.69) is 53.3 Å². The summed E-state index contributed by atoms with van der Waals surface area (Å²) in [6, 6.07) is 8.33. The van der Waals surface area contributed by atoms with Crippen molar-refractivity contribution >= 4 is 15.9 Å². The fraction of sp³-hybridized carbons (Fsp3) is 0.538. The summed E-state index contributed by atoms with van der Waals surface area (Å²) in [7, 11) is 0. The Bertz CT molecular complexity index is 325. The Kier molecular flexibility index (Phi) is 5.46. The molecule has 2 nitrogen and oxygen atoms in total. The van der Waals surface area contributed by atoms with Gasteiger partial charge in [-0.2, -0.15) is 0 Å². The van der Waals surface area contributed by atoms with Gasteiger partial charge < -0.3 is 10.1 Å². The molecule has 1 aromatic rings. The molecule has 0 aliphatic carbocycles. The summed E-state index contributed by atoms with van der Waals surface area (Å²) in [5.41, 5.74) is 1.18. The fourth-order valence-corrected chi connectivity index (χ4v) is 2.04. The fourth-order valence-electron chi connectivity index (χ4n) is 1.60. The minimum atomic E-state index is -0.0965. The molecule has 1 N–H and O–H groups in total. The molecular weight excluding hydrogens is 266 g/mol. The number of hydrogen-bond acceptors (Lipinski definition) is 2. The van der Waals surface area contributed by atoms with Crippen molar-refractivity contribution in [3.05, 3.63) is 34.3 Å². The van der Waals surface area contributed by atoms with Gasteiger partial charge >= 0.3 is 0 Å². The maximum atomic E-state index is 5.62. The van der Waals surface area contributed by atoms with Crippen molar-refractivity contribution in [3.8, 4) is 0 Å². The summed E-state index contributed by atoms with van der Waals surface area (Å²) in [5, 5.41) is 3.41. The van der Waals surface area contributed by atoms with Crippen LogP contribution in [0.3, 0.4) is 0 Å². The third-order valence-electron chi connectivity index (χ3n) is 2.30. The zero-order valence-corrected chi connectivity index (χ0v) is 11.8. The average Bonchev–Trinajstić information content (AvgIpc) is 2.17. The van der Waals surface area contributed by atoms with Crippen LogP contribution in [0.25, 0.3) is 0 Å². The molecule has 0 aromatic heterocycles. The first-order chi connectivity index (χ1) is 7.53. The Morgan fingerprint density at radius 1 is 1.38 bits per heavy atom. The van der Waals surface area contributed by atoms with Gasteiger partial charge in [-0.1, -0.05) is 28.1 Å². The van der Waals surface area contributed by atoms with Gasteiger partial charge in [0.1, 0.15) is 0 Å². The first-order valence-electron chi connectivity index (χ1n) is 5.62. The van der Waals surface area contributed by atoms with E-state index in [1.807, 2.05) is 13.0 Å². The molecule has 0 aliphatic rings. The van der Waals surface area contributed by atoms with E-state index in [0.29, 0.717) is 0 Å². The lowest BCUT2D eigenvalue weighted by Gasteiger charge is -2.25. The molecule has 90 valence electrons. The van der Waals surface area contributed by atoms with Gasteiger partial charge in [-0.3, -0.25) is 0 Å². The second-order valence-electron chi connectivity index (χ2n) is 4.43. The third-order valence-corrected chi connectivity index (χ3v) is 2.80. The molecule has 0 aliphatic heterocycles. The minimum Gasteiger partial charge on any atom is -0.375 e. The Morgan fingerprint density at radius 3 is 2.75 bits per heavy atom. The highest BCUT2D eigenvalue weighted by Gasteiger charge is 2.16. The van der Waals surface area contributed by atoms with Crippen molar-refractivity contribution < 1.29 is 4.74 Å². The summed E-state index contributed by atoms with van der Waals surface area (Å²) >= 11 is 3.47. The van der Waals surface area contributed by atoms with E-state index < -0.39 is 0 Å². The third kappa shape index (κ3) is 5.10. The van der Waals surface area contributed by atoms with E-state index >= 15 is 0 Å². The monoisotopic (exact) mass is 285 g/mol. The summed E-state index contributed by atoms with van der Waals surface area (Å²) in [4.78, 5) is 0. The highest BCUT2D eigenvalue weighted by Crippen LogP contribution is 2.12. The number of nitrogens with one attached hydrogen (secondary N) is 1. The van der Waals surface area contributed by atoms with Crippen molar-refractivity contribution in [2.75, 3.05) is 13.2 Å². The molecule has 0 fully saturated rings. The van der Waals surface area contributed by atoms with Gasteiger partial charge in [0.25, 0.3) is 0 Å². The van der Waals surface area contributed by atoms with Gasteiger partial charge in [0.05, 0.1) is 5.60 Å². The number of benzene rings is 1. The van der Waals surface area contributed by atoms with Gasteiger partial charge in [0.15, 0.2) is 0 Å². The predicted octanol–water partition coefficient (Wildman–Crippen LogP) is 3.35. The Labute approximate surface area is 107 Å². The Hall–Kier alpha value is -0.380. The molecule has 1 aromatic carbocycles. The Balaban J connectivity index is 2.35. The highest BCUT2D eigenvalue weighted by atomic mass is 79.9. The number of hydrogen-bond donors (Lipinski definition) is 1. The molecule has 3 heteroatoms. The van der Waals surface area contributed by atoms with Crippen molar-refractivity contribution in [3.63, 3.8) is 0 Å².